The first-order chi connectivity index (χ1) is 5.29. The molecular weight excluding hydrogens is 140 g/mol. The van der Waals surface area contributed by atoms with Crippen LogP contribution in [-0.2, 0) is 7.05 Å². The molecule has 0 unspecified atom stereocenters. The van der Waals surface area contributed by atoms with E-state index in [-0.39, 0.29) is 0 Å². The number of hydrogen-bond acceptors (Lipinski definition) is 3. The van der Waals surface area contributed by atoms with Crippen LogP contribution in [0.3, 0.4) is 0 Å². The van der Waals surface area contributed by atoms with E-state index < -0.39 is 0 Å². The number of anilines is 1. The summed E-state index contributed by atoms with van der Waals surface area (Å²) in [5.74, 6) is 0. The van der Waals surface area contributed by atoms with Crippen LogP contribution in [0.1, 0.15) is 0 Å². The summed E-state index contributed by atoms with van der Waals surface area (Å²) in [5.41, 5.74) is 7.29. The number of hydrogen-bond donors (Lipinski definition) is 1. The highest BCUT2D eigenvalue weighted by atomic mass is 15.2. The number of nitrogens with zero attached hydrogens (tertiary/aromatic N) is 3. The zero-order valence-corrected chi connectivity index (χ0v) is 6.15. The molecule has 0 aliphatic heterocycles. The van der Waals surface area contributed by atoms with Gasteiger partial charge in [0.15, 0.2) is 0 Å². The molecule has 4 nitrogen and oxygen atoms in total. The van der Waals surface area contributed by atoms with Gasteiger partial charge >= 0.3 is 0 Å². The molecule has 56 valence electrons. The van der Waals surface area contributed by atoms with Crippen molar-refractivity contribution >= 4 is 16.6 Å². The van der Waals surface area contributed by atoms with Crippen molar-refractivity contribution < 1.29 is 0 Å². The van der Waals surface area contributed by atoms with Crippen molar-refractivity contribution in [2.24, 2.45) is 7.05 Å². The SMILES string of the molecule is Cn1ncc2c(N)cncc21. The fourth-order valence-electron chi connectivity index (χ4n) is 1.08. The highest BCUT2D eigenvalue weighted by Crippen LogP contribution is 2.16. The molecule has 2 rings (SSSR count). The zero-order chi connectivity index (χ0) is 7.84. The smallest absolute Gasteiger partial charge is 0.0883 e. The van der Waals surface area contributed by atoms with Gasteiger partial charge in [0.2, 0.25) is 0 Å². The van der Waals surface area contributed by atoms with E-state index in [0.717, 1.165) is 10.9 Å². The Labute approximate surface area is 63.6 Å². The van der Waals surface area contributed by atoms with Crippen molar-refractivity contribution in [3.8, 4) is 0 Å². The Balaban J connectivity index is 2.94. The molecule has 11 heavy (non-hydrogen) atoms. The van der Waals surface area contributed by atoms with Crippen molar-refractivity contribution in [1.82, 2.24) is 14.8 Å². The lowest BCUT2D eigenvalue weighted by Gasteiger charge is -1.94. The van der Waals surface area contributed by atoms with Crippen molar-refractivity contribution in [2.45, 2.75) is 0 Å². The Kier molecular flexibility index (Phi) is 1.09. The lowest BCUT2D eigenvalue weighted by Crippen LogP contribution is -1.91. The molecule has 0 atom stereocenters. The summed E-state index contributed by atoms with van der Waals surface area (Å²) >= 11 is 0. The third-order valence-electron chi connectivity index (χ3n) is 1.71. The van der Waals surface area contributed by atoms with E-state index in [1.54, 1.807) is 23.3 Å². The Morgan fingerprint density at radius 3 is 2.91 bits per heavy atom. The Morgan fingerprint density at radius 2 is 2.18 bits per heavy atom. The van der Waals surface area contributed by atoms with Gasteiger partial charge in [-0.05, 0) is 0 Å². The van der Waals surface area contributed by atoms with Gasteiger partial charge in [0, 0.05) is 12.4 Å². The molecule has 0 spiro atoms. The average Bonchev–Trinajstić information content (AvgIpc) is 2.35. The van der Waals surface area contributed by atoms with E-state index >= 15 is 0 Å². The second-order valence-corrected chi connectivity index (χ2v) is 2.43. The molecule has 0 aliphatic rings. The number of nitrogens with two attached hydrogens (primary N) is 1. The number of nitrogen functional groups attached to an aromatic ring is 1. The van der Waals surface area contributed by atoms with Gasteiger partial charge in [-0.3, -0.25) is 9.67 Å². The summed E-state index contributed by atoms with van der Waals surface area (Å²) in [4.78, 5) is 3.96. The summed E-state index contributed by atoms with van der Waals surface area (Å²) in [6, 6.07) is 0. The predicted molar refractivity (Wildman–Crippen MR) is 42.9 cm³/mol. The third kappa shape index (κ3) is 0.756. The van der Waals surface area contributed by atoms with Gasteiger partial charge in [-0.25, -0.2) is 0 Å². The molecule has 0 saturated heterocycles. The quantitative estimate of drug-likeness (QED) is 0.593. The van der Waals surface area contributed by atoms with E-state index in [0.29, 0.717) is 5.69 Å². The molecule has 0 aliphatic carbocycles. The van der Waals surface area contributed by atoms with Gasteiger partial charge in [-0.15, -0.1) is 0 Å². The predicted octanol–water partition coefficient (Wildman–Crippen LogP) is 0.551. The van der Waals surface area contributed by atoms with Crippen LogP contribution in [-0.4, -0.2) is 14.8 Å². The number of pyridine rings is 1. The van der Waals surface area contributed by atoms with Crippen LogP contribution in [0.2, 0.25) is 0 Å². The summed E-state index contributed by atoms with van der Waals surface area (Å²) < 4.78 is 1.75. The Bertz CT molecular complexity index is 390. The van der Waals surface area contributed by atoms with E-state index in [1.165, 1.54) is 0 Å². The normalized spacial score (nSPS) is 10.6. The van der Waals surface area contributed by atoms with Crippen LogP contribution in [0.4, 0.5) is 5.69 Å². The van der Waals surface area contributed by atoms with E-state index in [1.807, 2.05) is 7.05 Å². The van der Waals surface area contributed by atoms with E-state index in [4.69, 9.17) is 5.73 Å². The van der Waals surface area contributed by atoms with Crippen molar-refractivity contribution in [2.75, 3.05) is 5.73 Å². The molecule has 0 fully saturated rings. The highest BCUT2D eigenvalue weighted by Gasteiger charge is 2.00. The highest BCUT2D eigenvalue weighted by molar-refractivity contribution is 5.88. The Morgan fingerprint density at radius 1 is 1.36 bits per heavy atom. The zero-order valence-electron chi connectivity index (χ0n) is 6.15. The van der Waals surface area contributed by atoms with Crippen LogP contribution < -0.4 is 5.73 Å². The minimum absolute atomic E-state index is 0.676. The van der Waals surface area contributed by atoms with E-state index in [2.05, 4.69) is 10.1 Å². The van der Waals surface area contributed by atoms with Crippen molar-refractivity contribution in [3.05, 3.63) is 18.6 Å². The van der Waals surface area contributed by atoms with Gasteiger partial charge < -0.3 is 5.73 Å². The molecule has 0 bridgehead atoms. The van der Waals surface area contributed by atoms with Crippen LogP contribution in [0.25, 0.3) is 10.9 Å². The summed E-state index contributed by atoms with van der Waals surface area (Å²) in [6.45, 7) is 0. The summed E-state index contributed by atoms with van der Waals surface area (Å²) in [5, 5.41) is 5.01. The molecule has 0 radical (unpaired) electrons. The van der Waals surface area contributed by atoms with Gasteiger partial charge in [-0.1, -0.05) is 0 Å². The molecular formula is C7H8N4. The topological polar surface area (TPSA) is 56.7 Å². The first-order valence-electron chi connectivity index (χ1n) is 3.30. The standard InChI is InChI=1S/C7H8N4/c1-11-7-4-9-3-6(8)5(7)2-10-11/h2-4H,8H2,1H3. The summed E-state index contributed by atoms with van der Waals surface area (Å²) in [7, 11) is 1.86. The number of aryl methyl sites for hydroxylation is 1. The fourth-order valence-corrected chi connectivity index (χ4v) is 1.08. The molecule has 0 saturated carbocycles. The second kappa shape index (κ2) is 1.95. The maximum absolute atomic E-state index is 5.65. The average molecular weight is 148 g/mol. The molecule has 2 N–H and O–H groups in total. The molecule has 4 heteroatoms. The molecule has 0 aromatic carbocycles. The minimum atomic E-state index is 0.676. The van der Waals surface area contributed by atoms with Gasteiger partial charge in [-0.2, -0.15) is 5.10 Å². The van der Waals surface area contributed by atoms with Crippen LogP contribution in [0.15, 0.2) is 18.6 Å². The van der Waals surface area contributed by atoms with E-state index in [9.17, 15) is 0 Å². The summed E-state index contributed by atoms with van der Waals surface area (Å²) in [6.07, 6.45) is 5.12. The first-order valence-corrected chi connectivity index (χ1v) is 3.30. The Hall–Kier alpha value is -1.58. The monoisotopic (exact) mass is 148 g/mol. The molecule has 2 aromatic heterocycles. The second-order valence-electron chi connectivity index (χ2n) is 2.43. The fraction of sp³-hybridized carbons (Fsp3) is 0.143. The number of rotatable bonds is 0. The molecule has 0 amide bonds. The largest absolute Gasteiger partial charge is 0.397 e. The number of aromatic nitrogens is 3. The number of fused-ring (bicyclic) bond motifs is 1. The van der Waals surface area contributed by atoms with Gasteiger partial charge in [0.05, 0.1) is 29.8 Å². The van der Waals surface area contributed by atoms with Gasteiger partial charge in [0.25, 0.3) is 0 Å². The minimum Gasteiger partial charge on any atom is -0.397 e. The lowest BCUT2D eigenvalue weighted by molar-refractivity contribution is 0.795. The van der Waals surface area contributed by atoms with Crippen molar-refractivity contribution in [3.63, 3.8) is 0 Å². The first kappa shape index (κ1) is 6.15. The van der Waals surface area contributed by atoms with Crippen LogP contribution in [0, 0.1) is 0 Å². The van der Waals surface area contributed by atoms with Gasteiger partial charge in [0.1, 0.15) is 0 Å². The third-order valence-corrected chi connectivity index (χ3v) is 1.71. The van der Waals surface area contributed by atoms with Crippen LogP contribution in [0.5, 0.6) is 0 Å². The maximum atomic E-state index is 5.65. The van der Waals surface area contributed by atoms with Crippen LogP contribution >= 0.6 is 0 Å². The molecule has 2 heterocycles. The van der Waals surface area contributed by atoms with Crippen molar-refractivity contribution in [1.29, 1.82) is 0 Å². The molecule has 2 aromatic rings. The maximum Gasteiger partial charge on any atom is 0.0883 e. The lowest BCUT2D eigenvalue weighted by atomic mass is 10.3.